The smallest absolute Gasteiger partial charge is 0.227 e. The van der Waals surface area contributed by atoms with Crippen LogP contribution in [0.2, 0.25) is 0 Å². The quantitative estimate of drug-likeness (QED) is 0.842. The topological polar surface area (TPSA) is 59.2 Å². The summed E-state index contributed by atoms with van der Waals surface area (Å²) in [6.07, 6.45) is 0.436. The molecule has 1 fully saturated rings. The van der Waals surface area contributed by atoms with E-state index in [1.54, 1.807) is 6.92 Å². The Hall–Kier alpha value is -2.17. The Kier molecular flexibility index (Phi) is 3.04. The predicted molar refractivity (Wildman–Crippen MR) is 74.7 cm³/mol. The van der Waals surface area contributed by atoms with Crippen LogP contribution < -0.4 is 4.90 Å². The minimum Gasteiger partial charge on any atom is -0.340 e. The molecule has 0 spiro atoms. The van der Waals surface area contributed by atoms with Gasteiger partial charge in [-0.05, 0) is 37.1 Å². The largest absolute Gasteiger partial charge is 0.340 e. The summed E-state index contributed by atoms with van der Waals surface area (Å²) in [5, 5.41) is 3.93. The van der Waals surface area contributed by atoms with Gasteiger partial charge < -0.3 is 9.42 Å². The number of rotatable bonds is 2. The van der Waals surface area contributed by atoms with E-state index < -0.39 is 0 Å². The molecule has 1 atom stereocenters. The van der Waals surface area contributed by atoms with Crippen LogP contribution in [0.25, 0.3) is 0 Å². The maximum Gasteiger partial charge on any atom is 0.227 e. The highest BCUT2D eigenvalue weighted by atomic mass is 16.5. The molecule has 1 saturated heterocycles. The molecule has 0 radical (unpaired) electrons. The second-order valence-electron chi connectivity index (χ2n) is 5.35. The van der Waals surface area contributed by atoms with Crippen molar-refractivity contribution in [2.24, 2.45) is 0 Å². The molecule has 1 aromatic carbocycles. The average molecular weight is 271 g/mol. The lowest BCUT2D eigenvalue weighted by Crippen LogP contribution is -2.24. The summed E-state index contributed by atoms with van der Waals surface area (Å²) in [4.78, 5) is 18.2. The zero-order chi connectivity index (χ0) is 14.3. The van der Waals surface area contributed by atoms with E-state index in [1.807, 2.05) is 17.0 Å². The molecule has 1 aromatic heterocycles. The van der Waals surface area contributed by atoms with E-state index in [2.05, 4.69) is 30.1 Å². The van der Waals surface area contributed by atoms with Gasteiger partial charge in [0.25, 0.3) is 0 Å². The monoisotopic (exact) mass is 271 g/mol. The second-order valence-corrected chi connectivity index (χ2v) is 5.35. The van der Waals surface area contributed by atoms with Gasteiger partial charge in [0.15, 0.2) is 5.82 Å². The molecule has 3 rings (SSSR count). The van der Waals surface area contributed by atoms with Gasteiger partial charge in [-0.1, -0.05) is 11.2 Å². The van der Waals surface area contributed by atoms with Gasteiger partial charge in [-0.2, -0.15) is 4.98 Å². The molecule has 2 aromatic rings. The van der Waals surface area contributed by atoms with Crippen molar-refractivity contribution >= 4 is 11.6 Å². The summed E-state index contributed by atoms with van der Waals surface area (Å²) >= 11 is 0. The Morgan fingerprint density at radius 3 is 2.70 bits per heavy atom. The second kappa shape index (κ2) is 4.74. The van der Waals surface area contributed by atoms with E-state index in [0.717, 1.165) is 5.69 Å². The van der Waals surface area contributed by atoms with Gasteiger partial charge >= 0.3 is 0 Å². The molecular formula is C15H17N3O2. The van der Waals surface area contributed by atoms with Crippen LogP contribution in [0.1, 0.15) is 35.2 Å². The Bertz CT molecular complexity index is 663. The fraction of sp³-hybridized carbons (Fsp3) is 0.400. The number of nitrogens with zero attached hydrogens (tertiary/aromatic N) is 3. The summed E-state index contributed by atoms with van der Waals surface area (Å²) in [6.45, 7) is 6.49. The van der Waals surface area contributed by atoms with E-state index in [1.165, 1.54) is 11.1 Å². The van der Waals surface area contributed by atoms with Crippen molar-refractivity contribution in [3.63, 3.8) is 0 Å². The molecule has 2 heterocycles. The lowest BCUT2D eigenvalue weighted by Gasteiger charge is -2.17. The van der Waals surface area contributed by atoms with Crippen molar-refractivity contribution < 1.29 is 9.32 Å². The van der Waals surface area contributed by atoms with Gasteiger partial charge in [-0.3, -0.25) is 4.79 Å². The molecular weight excluding hydrogens is 254 g/mol. The third-order valence-electron chi connectivity index (χ3n) is 3.84. The number of aromatic nitrogens is 2. The van der Waals surface area contributed by atoms with Crippen molar-refractivity contribution in [2.75, 3.05) is 11.4 Å². The van der Waals surface area contributed by atoms with Crippen LogP contribution in [0.4, 0.5) is 5.69 Å². The highest BCUT2D eigenvalue weighted by Gasteiger charge is 2.34. The highest BCUT2D eigenvalue weighted by molar-refractivity contribution is 5.96. The number of anilines is 1. The molecule has 20 heavy (non-hydrogen) atoms. The van der Waals surface area contributed by atoms with Crippen molar-refractivity contribution in [1.29, 1.82) is 0 Å². The van der Waals surface area contributed by atoms with Gasteiger partial charge in [0.1, 0.15) is 0 Å². The number of carbonyl (C=O) groups excluding carboxylic acids is 1. The summed E-state index contributed by atoms with van der Waals surface area (Å²) in [6, 6.07) is 6.09. The van der Waals surface area contributed by atoms with E-state index in [-0.39, 0.29) is 11.8 Å². The maximum atomic E-state index is 12.2. The first kappa shape index (κ1) is 12.8. The molecule has 0 aliphatic carbocycles. The minimum absolute atomic E-state index is 0.0153. The number of hydrogen-bond acceptors (Lipinski definition) is 4. The van der Waals surface area contributed by atoms with Crippen LogP contribution in [-0.2, 0) is 4.79 Å². The van der Waals surface area contributed by atoms with Gasteiger partial charge in [0, 0.05) is 31.5 Å². The zero-order valence-electron chi connectivity index (χ0n) is 11.9. The summed E-state index contributed by atoms with van der Waals surface area (Å²) < 4.78 is 5.00. The van der Waals surface area contributed by atoms with E-state index in [9.17, 15) is 4.79 Å². The predicted octanol–water partition coefficient (Wildman–Crippen LogP) is 2.52. The van der Waals surface area contributed by atoms with Crippen LogP contribution >= 0.6 is 0 Å². The SMILES string of the molecule is Cc1nc(C2CC(=O)N(c3ccc(C)c(C)c3)C2)no1. The van der Waals surface area contributed by atoms with E-state index >= 15 is 0 Å². The van der Waals surface area contributed by atoms with Gasteiger partial charge in [-0.25, -0.2) is 0 Å². The average Bonchev–Trinajstić information content (AvgIpc) is 2.99. The molecule has 1 unspecified atom stereocenters. The van der Waals surface area contributed by atoms with Crippen molar-refractivity contribution in [3.05, 3.63) is 41.0 Å². The fourth-order valence-corrected chi connectivity index (χ4v) is 2.50. The summed E-state index contributed by atoms with van der Waals surface area (Å²) in [5.74, 6) is 1.29. The van der Waals surface area contributed by atoms with Crippen LogP contribution in [-0.4, -0.2) is 22.6 Å². The molecule has 0 saturated carbocycles. The third kappa shape index (κ3) is 2.19. The first-order chi connectivity index (χ1) is 9.54. The lowest BCUT2D eigenvalue weighted by atomic mass is 10.1. The van der Waals surface area contributed by atoms with Crippen molar-refractivity contribution in [1.82, 2.24) is 10.1 Å². The number of amides is 1. The zero-order valence-corrected chi connectivity index (χ0v) is 11.9. The number of carbonyl (C=O) groups is 1. The number of aryl methyl sites for hydroxylation is 3. The number of hydrogen-bond donors (Lipinski definition) is 0. The molecule has 1 amide bonds. The maximum absolute atomic E-state index is 12.2. The van der Waals surface area contributed by atoms with Crippen molar-refractivity contribution in [2.45, 2.75) is 33.1 Å². The Labute approximate surface area is 117 Å². The van der Waals surface area contributed by atoms with Gasteiger partial charge in [0.2, 0.25) is 11.8 Å². The van der Waals surface area contributed by atoms with E-state index in [4.69, 9.17) is 4.52 Å². The Morgan fingerprint density at radius 2 is 2.05 bits per heavy atom. The molecule has 1 aliphatic heterocycles. The Balaban J connectivity index is 1.85. The molecule has 0 bridgehead atoms. The third-order valence-corrected chi connectivity index (χ3v) is 3.84. The summed E-state index contributed by atoms with van der Waals surface area (Å²) in [7, 11) is 0. The first-order valence-electron chi connectivity index (χ1n) is 6.72. The van der Waals surface area contributed by atoms with E-state index in [0.29, 0.717) is 24.7 Å². The fourth-order valence-electron chi connectivity index (χ4n) is 2.50. The van der Waals surface area contributed by atoms with Crippen LogP contribution in [0.5, 0.6) is 0 Å². The lowest BCUT2D eigenvalue weighted by molar-refractivity contribution is -0.117. The normalized spacial score (nSPS) is 18.9. The van der Waals surface area contributed by atoms with Gasteiger partial charge in [-0.15, -0.1) is 0 Å². The molecule has 1 aliphatic rings. The molecule has 5 nitrogen and oxygen atoms in total. The van der Waals surface area contributed by atoms with Crippen LogP contribution in [0, 0.1) is 20.8 Å². The number of benzene rings is 1. The van der Waals surface area contributed by atoms with Crippen molar-refractivity contribution in [3.8, 4) is 0 Å². The highest BCUT2D eigenvalue weighted by Crippen LogP contribution is 2.31. The van der Waals surface area contributed by atoms with Crippen LogP contribution in [0.3, 0.4) is 0 Å². The molecule has 104 valence electrons. The molecule has 0 N–H and O–H groups in total. The summed E-state index contributed by atoms with van der Waals surface area (Å²) in [5.41, 5.74) is 3.36. The Morgan fingerprint density at radius 1 is 1.25 bits per heavy atom. The minimum atomic E-state index is 0.0153. The first-order valence-corrected chi connectivity index (χ1v) is 6.72. The standard InChI is InChI=1S/C15H17N3O2/c1-9-4-5-13(6-10(9)2)18-8-12(7-14(18)19)15-16-11(3)20-17-15/h4-6,12H,7-8H2,1-3H3. The van der Waals surface area contributed by atoms with Crippen LogP contribution in [0.15, 0.2) is 22.7 Å². The van der Waals surface area contributed by atoms with Gasteiger partial charge in [0.05, 0.1) is 0 Å². The molecule has 5 heteroatoms.